The van der Waals surface area contributed by atoms with Gasteiger partial charge in [0, 0.05) is 5.56 Å². The van der Waals surface area contributed by atoms with E-state index in [1.807, 2.05) is 18.2 Å². The van der Waals surface area contributed by atoms with Crippen LogP contribution in [0.4, 0.5) is 0 Å². The minimum Gasteiger partial charge on any atom is -0.504 e. The standard InChI is InChI=1S/C15H14O4/c1-18-15-9-11(7-8-13(15)16)14(17)10-19-12-5-3-2-4-6-12/h2-9,16H,10H2,1H3. The molecule has 0 aliphatic rings. The van der Waals surface area contributed by atoms with Crippen molar-refractivity contribution in [3.8, 4) is 17.2 Å². The Labute approximate surface area is 111 Å². The third kappa shape index (κ3) is 3.25. The van der Waals surface area contributed by atoms with Crippen LogP contribution >= 0.6 is 0 Å². The number of carbonyl (C=O) groups is 1. The maximum Gasteiger partial charge on any atom is 0.200 e. The van der Waals surface area contributed by atoms with Gasteiger partial charge in [0.15, 0.2) is 23.9 Å². The Balaban J connectivity index is 2.04. The van der Waals surface area contributed by atoms with Gasteiger partial charge in [-0.15, -0.1) is 0 Å². The van der Waals surface area contributed by atoms with E-state index in [2.05, 4.69) is 0 Å². The maximum atomic E-state index is 11.9. The molecule has 0 bridgehead atoms. The highest BCUT2D eigenvalue weighted by Gasteiger charge is 2.10. The molecule has 4 nitrogen and oxygen atoms in total. The smallest absolute Gasteiger partial charge is 0.200 e. The van der Waals surface area contributed by atoms with Gasteiger partial charge in [-0.25, -0.2) is 0 Å². The van der Waals surface area contributed by atoms with Crippen molar-refractivity contribution in [2.75, 3.05) is 13.7 Å². The van der Waals surface area contributed by atoms with Crippen molar-refractivity contribution in [2.24, 2.45) is 0 Å². The van der Waals surface area contributed by atoms with E-state index in [4.69, 9.17) is 9.47 Å². The average Bonchev–Trinajstić information content (AvgIpc) is 2.46. The molecule has 0 saturated carbocycles. The molecule has 0 radical (unpaired) electrons. The summed E-state index contributed by atoms with van der Waals surface area (Å²) in [5.41, 5.74) is 0.436. The summed E-state index contributed by atoms with van der Waals surface area (Å²) in [6.45, 7) is -0.0576. The summed E-state index contributed by atoms with van der Waals surface area (Å²) in [6.07, 6.45) is 0. The highest BCUT2D eigenvalue weighted by atomic mass is 16.5. The van der Waals surface area contributed by atoms with Crippen LogP contribution in [0.15, 0.2) is 48.5 Å². The fourth-order valence-corrected chi connectivity index (χ4v) is 1.60. The van der Waals surface area contributed by atoms with Crippen molar-refractivity contribution in [3.05, 3.63) is 54.1 Å². The Morgan fingerprint density at radius 1 is 1.16 bits per heavy atom. The molecule has 0 atom stereocenters. The van der Waals surface area contributed by atoms with E-state index < -0.39 is 0 Å². The molecule has 19 heavy (non-hydrogen) atoms. The van der Waals surface area contributed by atoms with E-state index in [9.17, 15) is 9.90 Å². The third-order valence-corrected chi connectivity index (χ3v) is 2.61. The summed E-state index contributed by atoms with van der Waals surface area (Å²) >= 11 is 0. The van der Waals surface area contributed by atoms with Gasteiger partial charge in [-0.1, -0.05) is 18.2 Å². The molecule has 0 unspecified atom stereocenters. The van der Waals surface area contributed by atoms with Gasteiger partial charge in [-0.2, -0.15) is 0 Å². The van der Waals surface area contributed by atoms with Crippen molar-refractivity contribution < 1.29 is 19.4 Å². The number of Topliss-reactive ketones (excluding diaryl/α,β-unsaturated/α-hetero) is 1. The molecular weight excluding hydrogens is 244 g/mol. The summed E-state index contributed by atoms with van der Waals surface area (Å²) in [5.74, 6) is 0.734. The number of aromatic hydroxyl groups is 1. The number of phenols is 1. The number of methoxy groups -OCH3 is 1. The first-order valence-electron chi connectivity index (χ1n) is 5.79. The van der Waals surface area contributed by atoms with E-state index in [0.29, 0.717) is 11.3 Å². The topological polar surface area (TPSA) is 55.8 Å². The van der Waals surface area contributed by atoms with Crippen LogP contribution in [0.2, 0.25) is 0 Å². The molecule has 0 amide bonds. The molecule has 4 heteroatoms. The number of hydrogen-bond donors (Lipinski definition) is 1. The molecule has 0 spiro atoms. The molecule has 0 aliphatic carbocycles. The van der Waals surface area contributed by atoms with Gasteiger partial charge < -0.3 is 14.6 Å². The van der Waals surface area contributed by atoms with Crippen LogP contribution < -0.4 is 9.47 Å². The van der Waals surface area contributed by atoms with Crippen LogP contribution in [-0.4, -0.2) is 24.6 Å². The summed E-state index contributed by atoms with van der Waals surface area (Å²) in [4.78, 5) is 11.9. The highest BCUT2D eigenvalue weighted by molar-refractivity contribution is 5.97. The molecule has 0 saturated heterocycles. The molecule has 2 rings (SSSR count). The molecule has 1 N–H and O–H groups in total. The number of rotatable bonds is 5. The second-order valence-electron chi connectivity index (χ2n) is 3.91. The van der Waals surface area contributed by atoms with Gasteiger partial charge in [-0.3, -0.25) is 4.79 Å². The summed E-state index contributed by atoms with van der Waals surface area (Å²) in [6, 6.07) is 13.6. The lowest BCUT2D eigenvalue weighted by molar-refractivity contribution is 0.0921. The molecule has 0 fully saturated rings. The van der Waals surface area contributed by atoms with Crippen LogP contribution in [-0.2, 0) is 0 Å². The van der Waals surface area contributed by atoms with E-state index >= 15 is 0 Å². The average molecular weight is 258 g/mol. The largest absolute Gasteiger partial charge is 0.504 e. The van der Waals surface area contributed by atoms with Crippen molar-refractivity contribution in [1.82, 2.24) is 0 Å². The normalized spacial score (nSPS) is 9.95. The Hall–Kier alpha value is -2.49. The SMILES string of the molecule is COc1cc(C(=O)COc2ccccc2)ccc1O. The zero-order valence-corrected chi connectivity index (χ0v) is 10.5. The van der Waals surface area contributed by atoms with Gasteiger partial charge >= 0.3 is 0 Å². The van der Waals surface area contributed by atoms with Crippen LogP contribution in [0, 0.1) is 0 Å². The molecule has 0 aromatic heterocycles. The summed E-state index contributed by atoms with van der Waals surface area (Å²) < 4.78 is 10.3. The number of ether oxygens (including phenoxy) is 2. The van der Waals surface area contributed by atoms with E-state index in [-0.39, 0.29) is 23.9 Å². The minimum absolute atomic E-state index is 0.00280. The number of hydrogen-bond acceptors (Lipinski definition) is 4. The van der Waals surface area contributed by atoms with Gasteiger partial charge in [0.1, 0.15) is 5.75 Å². The van der Waals surface area contributed by atoms with E-state index in [0.717, 1.165) is 0 Å². The van der Waals surface area contributed by atoms with E-state index in [1.54, 1.807) is 12.1 Å². The number of phenolic OH excluding ortho intramolecular Hbond substituents is 1. The minimum atomic E-state index is -0.179. The highest BCUT2D eigenvalue weighted by Crippen LogP contribution is 2.26. The van der Waals surface area contributed by atoms with E-state index in [1.165, 1.54) is 25.3 Å². The summed E-state index contributed by atoms with van der Waals surface area (Å²) in [7, 11) is 1.43. The van der Waals surface area contributed by atoms with Gasteiger partial charge in [0.2, 0.25) is 0 Å². The first kappa shape index (κ1) is 13.0. The first-order valence-corrected chi connectivity index (χ1v) is 5.79. The van der Waals surface area contributed by atoms with Crippen molar-refractivity contribution in [3.63, 3.8) is 0 Å². The monoisotopic (exact) mass is 258 g/mol. The fraction of sp³-hybridized carbons (Fsp3) is 0.133. The van der Waals surface area contributed by atoms with Crippen molar-refractivity contribution >= 4 is 5.78 Å². The Kier molecular flexibility index (Phi) is 4.03. The number of benzene rings is 2. The lowest BCUT2D eigenvalue weighted by atomic mass is 10.1. The second-order valence-corrected chi connectivity index (χ2v) is 3.91. The molecule has 0 aliphatic heterocycles. The maximum absolute atomic E-state index is 11.9. The number of para-hydroxylation sites is 1. The predicted molar refractivity (Wildman–Crippen MR) is 70.9 cm³/mol. The summed E-state index contributed by atoms with van der Waals surface area (Å²) in [5, 5.41) is 9.46. The van der Waals surface area contributed by atoms with Crippen LogP contribution in [0.1, 0.15) is 10.4 Å². The number of carbonyl (C=O) groups excluding carboxylic acids is 1. The predicted octanol–water partition coefficient (Wildman–Crippen LogP) is 2.66. The fourth-order valence-electron chi connectivity index (χ4n) is 1.60. The van der Waals surface area contributed by atoms with Crippen LogP contribution in [0.25, 0.3) is 0 Å². The first-order chi connectivity index (χ1) is 9.20. The zero-order chi connectivity index (χ0) is 13.7. The molecule has 0 heterocycles. The van der Waals surface area contributed by atoms with Crippen LogP contribution in [0.3, 0.4) is 0 Å². The zero-order valence-electron chi connectivity index (χ0n) is 10.5. The molecule has 2 aromatic rings. The lowest BCUT2D eigenvalue weighted by Gasteiger charge is -2.07. The van der Waals surface area contributed by atoms with Crippen molar-refractivity contribution in [1.29, 1.82) is 0 Å². The van der Waals surface area contributed by atoms with Gasteiger partial charge in [0.05, 0.1) is 7.11 Å². The number of ketones is 1. The second kappa shape index (κ2) is 5.91. The molecular formula is C15H14O4. The quantitative estimate of drug-likeness (QED) is 0.838. The van der Waals surface area contributed by atoms with Gasteiger partial charge in [-0.05, 0) is 30.3 Å². The van der Waals surface area contributed by atoms with Gasteiger partial charge in [0.25, 0.3) is 0 Å². The van der Waals surface area contributed by atoms with Crippen molar-refractivity contribution in [2.45, 2.75) is 0 Å². The Morgan fingerprint density at radius 2 is 1.89 bits per heavy atom. The molecule has 98 valence electrons. The van der Waals surface area contributed by atoms with Crippen LogP contribution in [0.5, 0.6) is 17.2 Å². The third-order valence-electron chi connectivity index (χ3n) is 2.61. The Bertz CT molecular complexity index is 564. The lowest BCUT2D eigenvalue weighted by Crippen LogP contribution is -2.11. The Morgan fingerprint density at radius 3 is 2.58 bits per heavy atom. The molecule has 2 aromatic carbocycles.